The SMILES string of the molecule is O=C(O)N1CCCC2(CCCN2)C1. The molecule has 2 aliphatic rings. The number of rotatable bonds is 0. The van der Waals surface area contributed by atoms with Crippen molar-refractivity contribution in [2.45, 2.75) is 31.2 Å². The number of nitrogens with zero attached hydrogens (tertiary/aromatic N) is 1. The number of piperidine rings is 1. The van der Waals surface area contributed by atoms with Gasteiger partial charge in [-0.25, -0.2) is 4.79 Å². The van der Waals surface area contributed by atoms with E-state index in [1.54, 1.807) is 4.90 Å². The molecule has 13 heavy (non-hydrogen) atoms. The van der Waals surface area contributed by atoms with Gasteiger partial charge in [0.15, 0.2) is 0 Å². The Balaban J connectivity index is 2.02. The van der Waals surface area contributed by atoms with E-state index in [1.165, 1.54) is 6.42 Å². The second-order valence-electron chi connectivity index (χ2n) is 4.12. The number of carbonyl (C=O) groups is 1. The van der Waals surface area contributed by atoms with Gasteiger partial charge in [0.1, 0.15) is 0 Å². The summed E-state index contributed by atoms with van der Waals surface area (Å²) in [6, 6.07) is 0. The highest BCUT2D eigenvalue weighted by Crippen LogP contribution is 2.29. The average Bonchev–Trinajstić information content (AvgIpc) is 2.53. The maximum Gasteiger partial charge on any atom is 0.407 e. The van der Waals surface area contributed by atoms with Crippen LogP contribution in [0, 0.1) is 0 Å². The van der Waals surface area contributed by atoms with Crippen LogP contribution in [0.3, 0.4) is 0 Å². The Bertz CT molecular complexity index is 212. The maximum atomic E-state index is 10.8. The largest absolute Gasteiger partial charge is 0.465 e. The van der Waals surface area contributed by atoms with E-state index in [1.807, 2.05) is 0 Å². The summed E-state index contributed by atoms with van der Waals surface area (Å²) in [5.74, 6) is 0. The van der Waals surface area contributed by atoms with E-state index >= 15 is 0 Å². The van der Waals surface area contributed by atoms with Gasteiger partial charge in [-0.15, -0.1) is 0 Å². The molecule has 74 valence electrons. The molecule has 2 fully saturated rings. The lowest BCUT2D eigenvalue weighted by molar-refractivity contribution is 0.104. The lowest BCUT2D eigenvalue weighted by Crippen LogP contribution is -2.55. The van der Waals surface area contributed by atoms with Gasteiger partial charge in [0.05, 0.1) is 0 Å². The van der Waals surface area contributed by atoms with Crippen LogP contribution in [0.5, 0.6) is 0 Å². The highest BCUT2D eigenvalue weighted by atomic mass is 16.4. The van der Waals surface area contributed by atoms with Crippen LogP contribution >= 0.6 is 0 Å². The van der Waals surface area contributed by atoms with E-state index in [0.717, 1.165) is 25.8 Å². The predicted octanol–water partition coefficient (Wildman–Crippen LogP) is 0.882. The molecule has 1 spiro atoms. The van der Waals surface area contributed by atoms with E-state index in [-0.39, 0.29) is 5.54 Å². The molecule has 2 rings (SSSR count). The Morgan fingerprint density at radius 1 is 1.38 bits per heavy atom. The van der Waals surface area contributed by atoms with Gasteiger partial charge in [-0.3, -0.25) is 0 Å². The van der Waals surface area contributed by atoms with Crippen LogP contribution in [0.4, 0.5) is 4.79 Å². The number of carboxylic acid groups (broad SMARTS) is 1. The van der Waals surface area contributed by atoms with Crippen molar-refractivity contribution in [1.29, 1.82) is 0 Å². The Hall–Kier alpha value is -0.770. The standard InChI is InChI=1S/C9H16N2O2/c12-8(13)11-6-2-4-9(7-11)3-1-5-10-9/h10H,1-7H2,(H,12,13). The molecule has 0 saturated carbocycles. The number of nitrogens with one attached hydrogen (secondary N) is 1. The summed E-state index contributed by atoms with van der Waals surface area (Å²) < 4.78 is 0. The van der Waals surface area contributed by atoms with Gasteiger partial charge in [0.2, 0.25) is 0 Å². The molecule has 0 radical (unpaired) electrons. The van der Waals surface area contributed by atoms with Crippen LogP contribution < -0.4 is 5.32 Å². The van der Waals surface area contributed by atoms with Gasteiger partial charge < -0.3 is 15.3 Å². The molecule has 4 nitrogen and oxygen atoms in total. The van der Waals surface area contributed by atoms with Crippen molar-refractivity contribution in [3.8, 4) is 0 Å². The van der Waals surface area contributed by atoms with Gasteiger partial charge in [-0.2, -0.15) is 0 Å². The van der Waals surface area contributed by atoms with E-state index < -0.39 is 6.09 Å². The molecule has 2 heterocycles. The molecule has 0 aliphatic carbocycles. The topological polar surface area (TPSA) is 52.6 Å². The summed E-state index contributed by atoms with van der Waals surface area (Å²) in [6.45, 7) is 2.44. The first kappa shape index (κ1) is 8.81. The normalized spacial score (nSPS) is 34.0. The Kier molecular flexibility index (Phi) is 2.15. The first-order valence-corrected chi connectivity index (χ1v) is 4.95. The summed E-state index contributed by atoms with van der Waals surface area (Å²) in [5, 5.41) is 12.3. The fraction of sp³-hybridized carbons (Fsp3) is 0.889. The molecule has 2 N–H and O–H groups in total. The molecule has 1 amide bonds. The third kappa shape index (κ3) is 1.63. The van der Waals surface area contributed by atoms with Gasteiger partial charge in [-0.05, 0) is 32.2 Å². The molecule has 2 aliphatic heterocycles. The van der Waals surface area contributed by atoms with Crippen LogP contribution in [0.25, 0.3) is 0 Å². The third-order valence-corrected chi connectivity index (χ3v) is 3.18. The molecule has 0 aromatic heterocycles. The summed E-state index contributed by atoms with van der Waals surface area (Å²) in [5.41, 5.74) is 0.122. The fourth-order valence-electron chi connectivity index (χ4n) is 2.51. The minimum atomic E-state index is -0.771. The Morgan fingerprint density at radius 2 is 2.15 bits per heavy atom. The Labute approximate surface area is 77.9 Å². The number of amides is 1. The molecular weight excluding hydrogens is 168 g/mol. The first-order valence-electron chi connectivity index (χ1n) is 4.95. The highest BCUT2D eigenvalue weighted by molar-refractivity contribution is 5.65. The zero-order chi connectivity index (χ0) is 9.31. The molecule has 0 aromatic carbocycles. The Morgan fingerprint density at radius 3 is 2.77 bits per heavy atom. The van der Waals surface area contributed by atoms with Gasteiger partial charge >= 0.3 is 6.09 Å². The van der Waals surface area contributed by atoms with E-state index in [4.69, 9.17) is 5.11 Å². The van der Waals surface area contributed by atoms with Crippen LogP contribution in [0.1, 0.15) is 25.7 Å². The van der Waals surface area contributed by atoms with Crippen LogP contribution in [0.15, 0.2) is 0 Å². The molecule has 0 aromatic rings. The smallest absolute Gasteiger partial charge is 0.407 e. The number of hydrogen-bond acceptors (Lipinski definition) is 2. The zero-order valence-corrected chi connectivity index (χ0v) is 7.75. The number of hydrogen-bond donors (Lipinski definition) is 2. The van der Waals surface area contributed by atoms with E-state index in [0.29, 0.717) is 13.1 Å². The van der Waals surface area contributed by atoms with E-state index in [9.17, 15) is 4.79 Å². The van der Waals surface area contributed by atoms with Gasteiger partial charge in [0.25, 0.3) is 0 Å². The summed E-state index contributed by atoms with van der Waals surface area (Å²) in [4.78, 5) is 12.3. The van der Waals surface area contributed by atoms with Crippen molar-refractivity contribution in [3.63, 3.8) is 0 Å². The fourth-order valence-corrected chi connectivity index (χ4v) is 2.51. The summed E-state index contributed by atoms with van der Waals surface area (Å²) in [7, 11) is 0. The lowest BCUT2D eigenvalue weighted by atomic mass is 9.88. The maximum absolute atomic E-state index is 10.8. The molecule has 4 heteroatoms. The lowest BCUT2D eigenvalue weighted by Gasteiger charge is -2.39. The molecular formula is C9H16N2O2. The quantitative estimate of drug-likeness (QED) is 0.587. The number of likely N-dealkylation sites (tertiary alicyclic amines) is 1. The van der Waals surface area contributed by atoms with Crippen molar-refractivity contribution >= 4 is 6.09 Å². The second-order valence-corrected chi connectivity index (χ2v) is 4.12. The van der Waals surface area contributed by atoms with Crippen molar-refractivity contribution < 1.29 is 9.90 Å². The molecule has 1 unspecified atom stereocenters. The average molecular weight is 184 g/mol. The zero-order valence-electron chi connectivity index (χ0n) is 7.75. The molecule has 2 saturated heterocycles. The minimum absolute atomic E-state index is 0.122. The van der Waals surface area contributed by atoms with Crippen molar-refractivity contribution in [2.75, 3.05) is 19.6 Å². The van der Waals surface area contributed by atoms with E-state index in [2.05, 4.69) is 5.32 Å². The van der Waals surface area contributed by atoms with Gasteiger partial charge in [-0.1, -0.05) is 0 Å². The summed E-state index contributed by atoms with van der Waals surface area (Å²) >= 11 is 0. The van der Waals surface area contributed by atoms with Crippen molar-refractivity contribution in [2.24, 2.45) is 0 Å². The van der Waals surface area contributed by atoms with Gasteiger partial charge in [0, 0.05) is 18.6 Å². The molecule has 1 atom stereocenters. The summed E-state index contributed by atoms with van der Waals surface area (Å²) in [6.07, 6.45) is 3.69. The first-order chi connectivity index (χ1) is 6.22. The van der Waals surface area contributed by atoms with Crippen molar-refractivity contribution in [3.05, 3.63) is 0 Å². The van der Waals surface area contributed by atoms with Crippen LogP contribution in [-0.4, -0.2) is 41.3 Å². The van der Waals surface area contributed by atoms with Crippen molar-refractivity contribution in [1.82, 2.24) is 10.2 Å². The predicted molar refractivity (Wildman–Crippen MR) is 48.8 cm³/mol. The minimum Gasteiger partial charge on any atom is -0.465 e. The third-order valence-electron chi connectivity index (χ3n) is 3.18. The molecule has 0 bridgehead atoms. The highest BCUT2D eigenvalue weighted by Gasteiger charge is 2.38. The second kappa shape index (κ2) is 3.18. The monoisotopic (exact) mass is 184 g/mol. The van der Waals surface area contributed by atoms with Crippen LogP contribution in [-0.2, 0) is 0 Å². The van der Waals surface area contributed by atoms with Crippen LogP contribution in [0.2, 0.25) is 0 Å².